The maximum atomic E-state index is 12.6. The molecule has 0 unspecified atom stereocenters. The number of amides is 1. The summed E-state index contributed by atoms with van der Waals surface area (Å²) in [6.45, 7) is 3.80. The number of carbonyl (C=O) groups excluding carboxylic acids is 1. The van der Waals surface area contributed by atoms with Gasteiger partial charge in [0.05, 0.1) is 12.8 Å². The van der Waals surface area contributed by atoms with Gasteiger partial charge in [0, 0.05) is 12.1 Å². The Morgan fingerprint density at radius 2 is 1.88 bits per heavy atom. The van der Waals surface area contributed by atoms with E-state index in [1.807, 2.05) is 25.1 Å². The van der Waals surface area contributed by atoms with Crippen LogP contribution in [-0.4, -0.2) is 29.0 Å². The Morgan fingerprint density at radius 3 is 2.62 bits per heavy atom. The van der Waals surface area contributed by atoms with Crippen molar-refractivity contribution in [3.05, 3.63) is 41.3 Å². The molecule has 6 nitrogen and oxygen atoms in total. The second-order valence-corrected chi connectivity index (χ2v) is 6.82. The van der Waals surface area contributed by atoms with E-state index in [2.05, 4.69) is 20.6 Å². The highest BCUT2D eigenvalue weighted by molar-refractivity contribution is 5.93. The van der Waals surface area contributed by atoms with E-state index < -0.39 is 0 Å². The number of nitrogens with one attached hydrogen (secondary N) is 2. The first-order chi connectivity index (χ1) is 12.5. The van der Waals surface area contributed by atoms with Crippen molar-refractivity contribution < 1.29 is 9.53 Å². The largest absolute Gasteiger partial charge is 0.495 e. The fourth-order valence-corrected chi connectivity index (χ4v) is 3.31. The predicted molar refractivity (Wildman–Crippen MR) is 102 cm³/mol. The van der Waals surface area contributed by atoms with Crippen molar-refractivity contribution in [2.24, 2.45) is 0 Å². The van der Waals surface area contributed by atoms with Crippen LogP contribution in [0.5, 0.6) is 5.75 Å². The molecule has 0 radical (unpaired) electrons. The van der Waals surface area contributed by atoms with Crippen molar-refractivity contribution in [1.82, 2.24) is 15.3 Å². The Kier molecular flexibility index (Phi) is 5.71. The van der Waals surface area contributed by atoms with Gasteiger partial charge in [0.15, 0.2) is 0 Å². The van der Waals surface area contributed by atoms with Crippen LogP contribution < -0.4 is 15.4 Å². The van der Waals surface area contributed by atoms with Gasteiger partial charge in [0.1, 0.15) is 23.1 Å². The molecule has 0 atom stereocenters. The van der Waals surface area contributed by atoms with Gasteiger partial charge >= 0.3 is 0 Å². The zero-order valence-corrected chi connectivity index (χ0v) is 15.6. The molecule has 0 bridgehead atoms. The minimum Gasteiger partial charge on any atom is -0.495 e. The van der Waals surface area contributed by atoms with Gasteiger partial charge in [-0.05, 0) is 44.4 Å². The molecule has 1 fully saturated rings. The van der Waals surface area contributed by atoms with Gasteiger partial charge in [-0.3, -0.25) is 4.79 Å². The van der Waals surface area contributed by atoms with E-state index in [4.69, 9.17) is 4.74 Å². The zero-order valence-electron chi connectivity index (χ0n) is 15.6. The number of anilines is 2. The first kappa shape index (κ1) is 18.2. The summed E-state index contributed by atoms with van der Waals surface area (Å²) in [6, 6.07) is 7.81. The van der Waals surface area contributed by atoms with Crippen molar-refractivity contribution in [3.8, 4) is 5.75 Å². The lowest BCUT2D eigenvalue weighted by molar-refractivity contribution is 0.0922. The highest BCUT2D eigenvalue weighted by atomic mass is 16.5. The molecule has 0 spiro atoms. The molecule has 1 aromatic carbocycles. The van der Waals surface area contributed by atoms with E-state index in [1.165, 1.54) is 19.3 Å². The van der Waals surface area contributed by atoms with Gasteiger partial charge < -0.3 is 15.4 Å². The van der Waals surface area contributed by atoms with Gasteiger partial charge in [-0.1, -0.05) is 25.3 Å². The molecule has 2 aromatic rings. The van der Waals surface area contributed by atoms with Crippen LogP contribution in [0, 0.1) is 13.8 Å². The van der Waals surface area contributed by atoms with E-state index in [-0.39, 0.29) is 11.9 Å². The Morgan fingerprint density at radius 1 is 1.12 bits per heavy atom. The number of carbonyl (C=O) groups is 1. The van der Waals surface area contributed by atoms with Crippen LogP contribution in [0.3, 0.4) is 0 Å². The molecule has 0 aliphatic heterocycles. The Labute approximate surface area is 154 Å². The number of hydrogen-bond acceptors (Lipinski definition) is 5. The van der Waals surface area contributed by atoms with Crippen LogP contribution in [0.25, 0.3) is 0 Å². The molecule has 1 amide bonds. The van der Waals surface area contributed by atoms with E-state index in [1.54, 1.807) is 20.1 Å². The molecule has 1 aliphatic rings. The predicted octanol–water partition coefficient (Wildman–Crippen LogP) is 3.91. The molecular formula is C20H26N4O2. The first-order valence-electron chi connectivity index (χ1n) is 9.13. The lowest BCUT2D eigenvalue weighted by Gasteiger charge is -2.22. The second kappa shape index (κ2) is 8.17. The third kappa shape index (κ3) is 4.50. The average Bonchev–Trinajstić information content (AvgIpc) is 2.62. The fourth-order valence-electron chi connectivity index (χ4n) is 3.31. The lowest BCUT2D eigenvalue weighted by Crippen LogP contribution is -2.36. The van der Waals surface area contributed by atoms with Crippen LogP contribution in [0.1, 0.15) is 54.0 Å². The molecule has 6 heteroatoms. The maximum Gasteiger partial charge on any atom is 0.270 e. The third-order valence-electron chi connectivity index (χ3n) is 4.63. The summed E-state index contributed by atoms with van der Waals surface area (Å²) in [5, 5.41) is 6.35. The minimum atomic E-state index is -0.137. The lowest BCUT2D eigenvalue weighted by atomic mass is 9.95. The van der Waals surface area contributed by atoms with Crippen LogP contribution in [-0.2, 0) is 0 Å². The molecule has 0 saturated heterocycles. The number of nitrogens with zero attached hydrogens (tertiary/aromatic N) is 2. The molecule has 1 heterocycles. The van der Waals surface area contributed by atoms with Crippen LogP contribution in [0.15, 0.2) is 24.3 Å². The molecule has 1 aliphatic carbocycles. The monoisotopic (exact) mass is 354 g/mol. The summed E-state index contributed by atoms with van der Waals surface area (Å²) in [5.74, 6) is 1.72. The fraction of sp³-hybridized carbons (Fsp3) is 0.450. The number of methoxy groups -OCH3 is 1. The van der Waals surface area contributed by atoms with Crippen molar-refractivity contribution in [3.63, 3.8) is 0 Å². The SMILES string of the molecule is COc1ccc(C)cc1Nc1cc(C(=O)NC2CCCCC2)nc(C)n1. The topological polar surface area (TPSA) is 76.1 Å². The highest BCUT2D eigenvalue weighted by Gasteiger charge is 2.18. The molecule has 138 valence electrons. The molecule has 3 rings (SSSR count). The quantitative estimate of drug-likeness (QED) is 0.851. The van der Waals surface area contributed by atoms with Gasteiger partial charge in [-0.15, -0.1) is 0 Å². The van der Waals surface area contributed by atoms with E-state index in [0.29, 0.717) is 17.3 Å². The van der Waals surface area contributed by atoms with Crippen LogP contribution in [0.4, 0.5) is 11.5 Å². The Hall–Kier alpha value is -2.63. The third-order valence-corrected chi connectivity index (χ3v) is 4.63. The minimum absolute atomic E-state index is 0.137. The van der Waals surface area contributed by atoms with Gasteiger partial charge in [-0.2, -0.15) is 0 Å². The summed E-state index contributed by atoms with van der Waals surface area (Å²) < 4.78 is 5.40. The number of aryl methyl sites for hydroxylation is 2. The molecule has 1 aromatic heterocycles. The number of benzene rings is 1. The molecule has 2 N–H and O–H groups in total. The van der Waals surface area contributed by atoms with Gasteiger partial charge in [-0.25, -0.2) is 9.97 Å². The van der Waals surface area contributed by atoms with Gasteiger partial charge in [0.25, 0.3) is 5.91 Å². The van der Waals surface area contributed by atoms with Crippen molar-refractivity contribution in [2.75, 3.05) is 12.4 Å². The molecular weight excluding hydrogens is 328 g/mol. The van der Waals surface area contributed by atoms with Crippen molar-refractivity contribution in [1.29, 1.82) is 0 Å². The Balaban J connectivity index is 1.79. The number of rotatable bonds is 5. The van der Waals surface area contributed by atoms with Gasteiger partial charge in [0.2, 0.25) is 0 Å². The number of hydrogen-bond donors (Lipinski definition) is 2. The van der Waals surface area contributed by atoms with E-state index >= 15 is 0 Å². The number of aromatic nitrogens is 2. The summed E-state index contributed by atoms with van der Waals surface area (Å²) in [4.78, 5) is 21.3. The summed E-state index contributed by atoms with van der Waals surface area (Å²) in [7, 11) is 1.63. The smallest absolute Gasteiger partial charge is 0.270 e. The molecule has 26 heavy (non-hydrogen) atoms. The van der Waals surface area contributed by atoms with E-state index in [0.717, 1.165) is 29.8 Å². The standard InChI is InChI=1S/C20H26N4O2/c1-13-9-10-18(26-3)16(11-13)24-19-12-17(21-14(2)22-19)20(25)23-15-7-5-4-6-8-15/h9-12,15H,4-8H2,1-3H3,(H,23,25)(H,21,22,24). The summed E-state index contributed by atoms with van der Waals surface area (Å²) in [6.07, 6.45) is 5.69. The second-order valence-electron chi connectivity index (χ2n) is 6.82. The van der Waals surface area contributed by atoms with Crippen molar-refractivity contribution in [2.45, 2.75) is 52.0 Å². The van der Waals surface area contributed by atoms with E-state index in [9.17, 15) is 4.79 Å². The summed E-state index contributed by atoms with van der Waals surface area (Å²) in [5.41, 5.74) is 2.30. The van der Waals surface area contributed by atoms with Crippen LogP contribution >= 0.6 is 0 Å². The average molecular weight is 354 g/mol. The van der Waals surface area contributed by atoms with Crippen LogP contribution in [0.2, 0.25) is 0 Å². The number of ether oxygens (including phenoxy) is 1. The highest BCUT2D eigenvalue weighted by Crippen LogP contribution is 2.28. The maximum absolute atomic E-state index is 12.6. The zero-order chi connectivity index (χ0) is 18.5. The summed E-state index contributed by atoms with van der Waals surface area (Å²) >= 11 is 0. The first-order valence-corrected chi connectivity index (χ1v) is 9.13. The van der Waals surface area contributed by atoms with Crippen molar-refractivity contribution >= 4 is 17.4 Å². The normalized spacial score (nSPS) is 14.7. The Bertz CT molecular complexity index is 785. The molecule has 1 saturated carbocycles.